The Labute approximate surface area is 146 Å². The number of carbonyl (C=O) groups excluding carboxylic acids is 1. The Morgan fingerprint density at radius 2 is 1.88 bits per heavy atom. The van der Waals surface area contributed by atoms with Crippen molar-refractivity contribution in [2.45, 2.75) is 13.1 Å². The van der Waals surface area contributed by atoms with Crippen molar-refractivity contribution in [1.82, 2.24) is 15.2 Å². The Balaban J connectivity index is 1.57. The minimum Gasteiger partial charge on any atom is -0.351 e. The van der Waals surface area contributed by atoms with Gasteiger partial charge in [0.15, 0.2) is 0 Å². The van der Waals surface area contributed by atoms with Crippen LogP contribution in [0.15, 0.2) is 60.8 Å². The van der Waals surface area contributed by atoms with Crippen molar-refractivity contribution in [2.75, 3.05) is 13.6 Å². The molecule has 0 saturated carbocycles. The van der Waals surface area contributed by atoms with E-state index in [9.17, 15) is 9.18 Å². The van der Waals surface area contributed by atoms with Gasteiger partial charge in [-0.15, -0.1) is 0 Å². The highest BCUT2D eigenvalue weighted by atomic mass is 19.1. The molecule has 3 aromatic rings. The van der Waals surface area contributed by atoms with Gasteiger partial charge in [-0.25, -0.2) is 4.39 Å². The molecule has 1 aromatic heterocycles. The van der Waals surface area contributed by atoms with Crippen LogP contribution in [-0.2, 0) is 17.9 Å². The molecular weight excluding hydrogens is 317 g/mol. The number of fused-ring (bicyclic) bond motifs is 1. The number of carbonyl (C=O) groups is 1. The summed E-state index contributed by atoms with van der Waals surface area (Å²) in [4.78, 5) is 18.4. The van der Waals surface area contributed by atoms with Gasteiger partial charge in [0.1, 0.15) is 5.82 Å². The van der Waals surface area contributed by atoms with Crippen molar-refractivity contribution in [3.8, 4) is 0 Å². The normalized spacial score (nSPS) is 11.0. The Morgan fingerprint density at radius 1 is 1.08 bits per heavy atom. The molecule has 5 heteroatoms. The van der Waals surface area contributed by atoms with Gasteiger partial charge in [-0.2, -0.15) is 0 Å². The van der Waals surface area contributed by atoms with Gasteiger partial charge in [0.2, 0.25) is 5.91 Å². The van der Waals surface area contributed by atoms with Gasteiger partial charge < -0.3 is 5.32 Å². The number of nitrogens with one attached hydrogen (secondary N) is 1. The highest BCUT2D eigenvalue weighted by Gasteiger charge is 2.10. The van der Waals surface area contributed by atoms with E-state index >= 15 is 0 Å². The van der Waals surface area contributed by atoms with E-state index in [2.05, 4.69) is 10.3 Å². The Kier molecular flexibility index (Phi) is 5.36. The molecule has 1 amide bonds. The molecule has 0 spiro atoms. The first-order chi connectivity index (χ1) is 12.1. The summed E-state index contributed by atoms with van der Waals surface area (Å²) < 4.78 is 13.6. The molecule has 0 radical (unpaired) electrons. The third-order valence-corrected chi connectivity index (χ3v) is 4.02. The lowest BCUT2D eigenvalue weighted by Crippen LogP contribution is -2.34. The van der Waals surface area contributed by atoms with Crippen molar-refractivity contribution in [2.24, 2.45) is 0 Å². The SMILES string of the molecule is CN(CC(=O)NCc1ccccc1F)Cc1cccc2ncccc12. The molecule has 25 heavy (non-hydrogen) atoms. The molecular formula is C20H20FN3O. The minimum atomic E-state index is -0.306. The van der Waals surface area contributed by atoms with Gasteiger partial charge >= 0.3 is 0 Å². The van der Waals surface area contributed by atoms with Crippen LogP contribution in [0.5, 0.6) is 0 Å². The molecule has 0 fully saturated rings. The summed E-state index contributed by atoms with van der Waals surface area (Å²) in [5, 5.41) is 3.85. The Morgan fingerprint density at radius 3 is 2.72 bits per heavy atom. The summed E-state index contributed by atoms with van der Waals surface area (Å²) in [6, 6.07) is 16.4. The van der Waals surface area contributed by atoms with E-state index in [0.717, 1.165) is 16.5 Å². The van der Waals surface area contributed by atoms with Crippen molar-refractivity contribution < 1.29 is 9.18 Å². The van der Waals surface area contributed by atoms with Gasteiger partial charge in [-0.05, 0) is 30.8 Å². The average molecular weight is 337 g/mol. The van der Waals surface area contributed by atoms with Gasteiger partial charge in [0.25, 0.3) is 0 Å². The molecule has 0 bridgehead atoms. The van der Waals surface area contributed by atoms with Gasteiger partial charge in [-0.1, -0.05) is 36.4 Å². The zero-order valence-electron chi connectivity index (χ0n) is 14.1. The summed E-state index contributed by atoms with van der Waals surface area (Å²) in [6.45, 7) is 1.07. The lowest BCUT2D eigenvalue weighted by Gasteiger charge is -2.17. The second-order valence-corrected chi connectivity index (χ2v) is 6.03. The summed E-state index contributed by atoms with van der Waals surface area (Å²) in [6.07, 6.45) is 1.77. The molecule has 0 saturated heterocycles. The fourth-order valence-electron chi connectivity index (χ4n) is 2.79. The third kappa shape index (κ3) is 4.39. The second-order valence-electron chi connectivity index (χ2n) is 6.03. The molecule has 0 unspecified atom stereocenters. The Bertz CT molecular complexity index is 876. The molecule has 1 N–H and O–H groups in total. The van der Waals surface area contributed by atoms with Crippen LogP contribution in [0.3, 0.4) is 0 Å². The smallest absolute Gasteiger partial charge is 0.234 e. The van der Waals surface area contributed by atoms with E-state index in [1.165, 1.54) is 6.07 Å². The van der Waals surface area contributed by atoms with Crippen molar-refractivity contribution in [3.63, 3.8) is 0 Å². The lowest BCUT2D eigenvalue weighted by molar-refractivity contribution is -0.122. The summed E-state index contributed by atoms with van der Waals surface area (Å²) in [7, 11) is 1.89. The maximum absolute atomic E-state index is 13.6. The molecule has 2 aromatic carbocycles. The molecule has 1 heterocycles. The van der Waals surface area contributed by atoms with Crippen LogP contribution in [0.25, 0.3) is 10.9 Å². The largest absolute Gasteiger partial charge is 0.351 e. The quantitative estimate of drug-likeness (QED) is 0.752. The van der Waals surface area contributed by atoms with Crippen LogP contribution in [-0.4, -0.2) is 29.4 Å². The molecule has 4 nitrogen and oxygen atoms in total. The van der Waals surface area contributed by atoms with Gasteiger partial charge in [-0.3, -0.25) is 14.7 Å². The maximum atomic E-state index is 13.6. The monoisotopic (exact) mass is 337 g/mol. The average Bonchev–Trinajstić information content (AvgIpc) is 2.61. The third-order valence-electron chi connectivity index (χ3n) is 4.02. The number of hydrogen-bond donors (Lipinski definition) is 1. The molecule has 0 atom stereocenters. The van der Waals surface area contributed by atoms with Crippen LogP contribution < -0.4 is 5.32 Å². The number of nitrogens with zero attached hydrogens (tertiary/aromatic N) is 2. The van der Waals surface area contributed by atoms with E-state index in [4.69, 9.17) is 0 Å². The number of likely N-dealkylation sites (N-methyl/N-ethyl adjacent to an activating group) is 1. The molecule has 0 aliphatic carbocycles. The van der Waals surface area contributed by atoms with Crippen LogP contribution in [0.4, 0.5) is 4.39 Å². The van der Waals surface area contributed by atoms with Crippen LogP contribution in [0.2, 0.25) is 0 Å². The predicted molar refractivity (Wildman–Crippen MR) is 96.3 cm³/mol. The fraction of sp³-hybridized carbons (Fsp3) is 0.200. The second kappa shape index (κ2) is 7.85. The maximum Gasteiger partial charge on any atom is 0.234 e. The zero-order chi connectivity index (χ0) is 17.6. The summed E-state index contributed by atoms with van der Waals surface area (Å²) in [5.74, 6) is -0.441. The topological polar surface area (TPSA) is 45.2 Å². The molecule has 128 valence electrons. The van der Waals surface area contributed by atoms with Crippen LogP contribution in [0, 0.1) is 5.82 Å². The standard InChI is InChI=1S/C20H20FN3O/c1-24(13-16-7-4-10-19-17(16)8-5-11-22-19)14-20(25)23-12-15-6-2-3-9-18(15)21/h2-11H,12-14H2,1H3,(H,23,25). The number of benzene rings is 2. The van der Waals surface area contributed by atoms with E-state index in [1.54, 1.807) is 24.4 Å². The fourth-order valence-corrected chi connectivity index (χ4v) is 2.79. The molecule has 3 rings (SSSR count). The Hall–Kier alpha value is -2.79. The van der Waals surface area contributed by atoms with Crippen LogP contribution >= 0.6 is 0 Å². The zero-order valence-corrected chi connectivity index (χ0v) is 14.1. The van der Waals surface area contributed by atoms with E-state index in [-0.39, 0.29) is 24.8 Å². The number of amides is 1. The van der Waals surface area contributed by atoms with Gasteiger partial charge in [0.05, 0.1) is 12.1 Å². The number of rotatable bonds is 6. The summed E-state index contributed by atoms with van der Waals surface area (Å²) in [5.41, 5.74) is 2.55. The first-order valence-electron chi connectivity index (χ1n) is 8.15. The summed E-state index contributed by atoms with van der Waals surface area (Å²) >= 11 is 0. The predicted octanol–water partition coefficient (Wildman–Crippen LogP) is 3.12. The van der Waals surface area contributed by atoms with E-state index < -0.39 is 0 Å². The minimum absolute atomic E-state index is 0.135. The number of hydrogen-bond acceptors (Lipinski definition) is 3. The first-order valence-corrected chi connectivity index (χ1v) is 8.15. The van der Waals surface area contributed by atoms with Crippen molar-refractivity contribution in [1.29, 1.82) is 0 Å². The van der Waals surface area contributed by atoms with E-state index in [0.29, 0.717) is 12.1 Å². The molecule has 0 aliphatic heterocycles. The lowest BCUT2D eigenvalue weighted by atomic mass is 10.1. The van der Waals surface area contributed by atoms with Gasteiger partial charge in [0, 0.05) is 30.2 Å². The highest BCUT2D eigenvalue weighted by molar-refractivity contribution is 5.82. The number of aromatic nitrogens is 1. The van der Waals surface area contributed by atoms with Crippen molar-refractivity contribution in [3.05, 3.63) is 77.7 Å². The van der Waals surface area contributed by atoms with E-state index in [1.807, 2.05) is 42.3 Å². The first kappa shape index (κ1) is 17.0. The highest BCUT2D eigenvalue weighted by Crippen LogP contribution is 2.17. The van der Waals surface area contributed by atoms with Crippen molar-refractivity contribution >= 4 is 16.8 Å². The molecule has 0 aliphatic rings. The number of pyridine rings is 1. The number of halogens is 1. The van der Waals surface area contributed by atoms with Crippen LogP contribution in [0.1, 0.15) is 11.1 Å².